The van der Waals surface area contributed by atoms with Crippen LogP contribution in [0.25, 0.3) is 11.3 Å². The van der Waals surface area contributed by atoms with Gasteiger partial charge in [0.2, 0.25) is 5.28 Å². The summed E-state index contributed by atoms with van der Waals surface area (Å²) in [6.45, 7) is 7.28. The van der Waals surface area contributed by atoms with Crippen LogP contribution in [0.4, 0.5) is 0 Å². The predicted molar refractivity (Wildman–Crippen MR) is 91.6 cm³/mol. The number of nitrogens with zero attached hydrogens (tertiary/aromatic N) is 2. The molecule has 118 valence electrons. The highest BCUT2D eigenvalue weighted by Gasteiger charge is 2.10. The summed E-state index contributed by atoms with van der Waals surface area (Å²) in [4.78, 5) is 8.05. The maximum atomic E-state index is 6.31. The van der Waals surface area contributed by atoms with Crippen LogP contribution in [0.5, 0.6) is 5.75 Å². The topological polar surface area (TPSA) is 35.0 Å². The van der Waals surface area contributed by atoms with Gasteiger partial charge in [-0.3, -0.25) is 0 Å². The zero-order valence-corrected chi connectivity index (χ0v) is 14.5. The molecule has 3 nitrogen and oxygen atoms in total. The third kappa shape index (κ3) is 4.85. The number of rotatable bonds is 6. The molecule has 1 heterocycles. The normalized spacial score (nSPS) is 12.5. The van der Waals surface area contributed by atoms with Gasteiger partial charge in [0, 0.05) is 11.8 Å². The Morgan fingerprint density at radius 1 is 1.14 bits per heavy atom. The first kappa shape index (κ1) is 17.0. The van der Waals surface area contributed by atoms with Crippen LogP contribution in [0.2, 0.25) is 10.3 Å². The Kier molecular flexibility index (Phi) is 6.04. The lowest BCUT2D eigenvalue weighted by Crippen LogP contribution is -2.11. The first-order chi connectivity index (χ1) is 10.5. The molecule has 0 unspecified atom stereocenters. The monoisotopic (exact) mass is 338 g/mol. The molecule has 1 aromatic carbocycles. The molecule has 0 aliphatic heterocycles. The second-order valence-corrected chi connectivity index (χ2v) is 6.65. The summed E-state index contributed by atoms with van der Waals surface area (Å²) in [7, 11) is 0. The minimum absolute atomic E-state index is 0.219. The zero-order chi connectivity index (χ0) is 16.1. The molecule has 22 heavy (non-hydrogen) atoms. The van der Waals surface area contributed by atoms with Crippen LogP contribution in [0.15, 0.2) is 30.5 Å². The van der Waals surface area contributed by atoms with Crippen molar-refractivity contribution in [3.05, 3.63) is 40.8 Å². The molecule has 0 fully saturated rings. The summed E-state index contributed by atoms with van der Waals surface area (Å²) < 4.78 is 5.82. The van der Waals surface area contributed by atoms with E-state index < -0.39 is 0 Å². The molecule has 5 heteroatoms. The smallest absolute Gasteiger partial charge is 0.222 e. The molecule has 0 bridgehead atoms. The summed E-state index contributed by atoms with van der Waals surface area (Å²) in [5.74, 6) is 1.86. The van der Waals surface area contributed by atoms with E-state index in [1.807, 2.05) is 18.2 Å². The molecule has 0 saturated heterocycles. The Labute approximate surface area is 141 Å². The molecule has 0 N–H and O–H groups in total. The van der Waals surface area contributed by atoms with Crippen LogP contribution in [0.1, 0.15) is 27.2 Å². The van der Waals surface area contributed by atoms with Crippen LogP contribution in [0.3, 0.4) is 0 Å². The molecule has 0 saturated carbocycles. The SMILES string of the molecule is CC(C)C[C@H](C)COc1ccc(-c2ccnc(Cl)n2)cc1Cl. The molecule has 2 rings (SSSR count). The lowest BCUT2D eigenvalue weighted by molar-refractivity contribution is 0.239. The lowest BCUT2D eigenvalue weighted by atomic mass is 10.00. The van der Waals surface area contributed by atoms with Crippen LogP contribution < -0.4 is 4.74 Å². The van der Waals surface area contributed by atoms with Crippen molar-refractivity contribution in [2.75, 3.05) is 6.61 Å². The molecule has 0 spiro atoms. The van der Waals surface area contributed by atoms with Gasteiger partial charge in [0.25, 0.3) is 0 Å². The second-order valence-electron chi connectivity index (χ2n) is 5.90. The molecule has 1 atom stereocenters. The van der Waals surface area contributed by atoms with E-state index in [0.717, 1.165) is 17.7 Å². The Balaban J connectivity index is 2.07. The maximum absolute atomic E-state index is 6.31. The number of hydrogen-bond donors (Lipinski definition) is 0. The Hall–Kier alpha value is -1.32. The molecule has 1 aromatic heterocycles. The largest absolute Gasteiger partial charge is 0.492 e. The Bertz CT molecular complexity index is 632. The average Bonchev–Trinajstić information content (AvgIpc) is 2.45. The van der Waals surface area contributed by atoms with Gasteiger partial charge >= 0.3 is 0 Å². The number of benzene rings is 1. The van der Waals surface area contributed by atoms with Crippen molar-refractivity contribution < 1.29 is 4.74 Å². The second kappa shape index (κ2) is 7.80. The minimum Gasteiger partial charge on any atom is -0.492 e. The highest BCUT2D eigenvalue weighted by molar-refractivity contribution is 6.32. The van der Waals surface area contributed by atoms with Crippen LogP contribution >= 0.6 is 23.2 Å². The standard InChI is InChI=1S/C17H20Cl2N2O/c1-11(2)8-12(3)10-22-16-5-4-13(9-14(16)18)15-6-7-20-17(19)21-15/h4-7,9,11-12H,8,10H2,1-3H3/t12-/m0/s1. The first-order valence-electron chi connectivity index (χ1n) is 7.37. The number of ether oxygens (including phenoxy) is 1. The van der Waals surface area contributed by atoms with Gasteiger partial charge in [0.1, 0.15) is 5.75 Å². The van der Waals surface area contributed by atoms with Crippen molar-refractivity contribution >= 4 is 23.2 Å². The third-order valence-corrected chi connectivity index (χ3v) is 3.73. The number of hydrogen-bond acceptors (Lipinski definition) is 3. The van der Waals surface area contributed by atoms with Gasteiger partial charge in [0.05, 0.1) is 17.3 Å². The van der Waals surface area contributed by atoms with Crippen molar-refractivity contribution in [1.82, 2.24) is 9.97 Å². The van der Waals surface area contributed by atoms with E-state index in [1.165, 1.54) is 0 Å². The molecule has 0 aliphatic rings. The summed E-state index contributed by atoms with van der Waals surface area (Å²) in [5, 5.41) is 0.792. The van der Waals surface area contributed by atoms with Crippen LogP contribution in [0, 0.1) is 11.8 Å². The van der Waals surface area contributed by atoms with Crippen LogP contribution in [-0.4, -0.2) is 16.6 Å². The van der Waals surface area contributed by atoms with Gasteiger partial charge in [-0.1, -0.05) is 32.4 Å². The maximum Gasteiger partial charge on any atom is 0.222 e. The first-order valence-corrected chi connectivity index (χ1v) is 8.12. The van der Waals surface area contributed by atoms with E-state index in [2.05, 4.69) is 30.7 Å². The molecule has 0 amide bonds. The van der Waals surface area contributed by atoms with Crippen molar-refractivity contribution in [2.24, 2.45) is 11.8 Å². The van der Waals surface area contributed by atoms with Gasteiger partial charge in [0.15, 0.2) is 0 Å². The minimum atomic E-state index is 0.219. The molecular formula is C17H20Cl2N2O. The fraction of sp³-hybridized carbons (Fsp3) is 0.412. The van der Waals surface area contributed by atoms with E-state index in [4.69, 9.17) is 27.9 Å². The fourth-order valence-corrected chi connectivity index (χ4v) is 2.76. The average molecular weight is 339 g/mol. The predicted octanol–water partition coefficient (Wildman–Crippen LogP) is 5.51. The highest BCUT2D eigenvalue weighted by atomic mass is 35.5. The van der Waals surface area contributed by atoms with Crippen molar-refractivity contribution in [2.45, 2.75) is 27.2 Å². The van der Waals surface area contributed by atoms with E-state index in [0.29, 0.717) is 29.2 Å². The summed E-state index contributed by atoms with van der Waals surface area (Å²) in [6.07, 6.45) is 2.76. The van der Waals surface area contributed by atoms with Gasteiger partial charge < -0.3 is 4.74 Å². The van der Waals surface area contributed by atoms with Crippen molar-refractivity contribution in [3.8, 4) is 17.0 Å². The van der Waals surface area contributed by atoms with Crippen LogP contribution in [-0.2, 0) is 0 Å². The summed E-state index contributed by atoms with van der Waals surface area (Å²) in [5.41, 5.74) is 1.62. The Morgan fingerprint density at radius 2 is 1.91 bits per heavy atom. The molecular weight excluding hydrogens is 319 g/mol. The van der Waals surface area contributed by atoms with E-state index >= 15 is 0 Å². The summed E-state index contributed by atoms with van der Waals surface area (Å²) in [6, 6.07) is 7.42. The molecule has 0 radical (unpaired) electrons. The van der Waals surface area contributed by atoms with Gasteiger partial charge in [-0.05, 0) is 54.1 Å². The van der Waals surface area contributed by atoms with E-state index in [1.54, 1.807) is 12.3 Å². The van der Waals surface area contributed by atoms with Crippen molar-refractivity contribution in [3.63, 3.8) is 0 Å². The number of aromatic nitrogens is 2. The quantitative estimate of drug-likeness (QED) is 0.651. The highest BCUT2D eigenvalue weighted by Crippen LogP contribution is 2.30. The van der Waals surface area contributed by atoms with Gasteiger partial charge in [-0.25, -0.2) is 9.97 Å². The molecule has 0 aliphatic carbocycles. The fourth-order valence-electron chi connectivity index (χ4n) is 2.38. The zero-order valence-electron chi connectivity index (χ0n) is 13.0. The Morgan fingerprint density at radius 3 is 2.55 bits per heavy atom. The van der Waals surface area contributed by atoms with Crippen molar-refractivity contribution in [1.29, 1.82) is 0 Å². The molecule has 2 aromatic rings. The third-order valence-electron chi connectivity index (χ3n) is 3.25. The van der Waals surface area contributed by atoms with Gasteiger partial charge in [-0.15, -0.1) is 0 Å². The van der Waals surface area contributed by atoms with Gasteiger partial charge in [-0.2, -0.15) is 0 Å². The van der Waals surface area contributed by atoms with E-state index in [-0.39, 0.29) is 5.28 Å². The number of halogens is 2. The summed E-state index contributed by atoms with van der Waals surface area (Å²) >= 11 is 12.1. The van der Waals surface area contributed by atoms with E-state index in [9.17, 15) is 0 Å². The lowest BCUT2D eigenvalue weighted by Gasteiger charge is -2.16.